The van der Waals surface area contributed by atoms with Crippen LogP contribution in [-0.4, -0.2) is 40.8 Å². The van der Waals surface area contributed by atoms with Gasteiger partial charge in [-0.1, -0.05) is 24.3 Å². The molecule has 0 aliphatic carbocycles. The molecule has 0 spiro atoms. The molecule has 7 nitrogen and oxygen atoms in total. The lowest BCUT2D eigenvalue weighted by molar-refractivity contribution is 0.143. The van der Waals surface area contributed by atoms with Crippen molar-refractivity contribution < 1.29 is 22.7 Å². The Kier molecular flexibility index (Phi) is 5.15. The summed E-state index contributed by atoms with van der Waals surface area (Å²) < 4.78 is 37.8. The average Bonchev–Trinajstić information content (AvgIpc) is 3.01. The molecule has 1 aliphatic heterocycles. The molecule has 1 N–H and O–H groups in total. The Bertz CT molecular complexity index is 913. The van der Waals surface area contributed by atoms with Gasteiger partial charge in [-0.2, -0.15) is 0 Å². The van der Waals surface area contributed by atoms with Crippen LogP contribution in [0.2, 0.25) is 0 Å². The van der Waals surface area contributed by atoms with E-state index >= 15 is 0 Å². The van der Waals surface area contributed by atoms with Gasteiger partial charge in [0, 0.05) is 12.6 Å². The molecule has 0 aromatic heterocycles. The standard InChI is InChI=1S/C18H20N2O5S/c1-13-6-3-4-9-17(13)26(22,23)19-11-16-12-20(18(21)25-16)14-7-5-8-15(10-14)24-2/h3-10,16,19H,11-12H2,1-2H3. The monoisotopic (exact) mass is 376 g/mol. The Morgan fingerprint density at radius 2 is 2.00 bits per heavy atom. The van der Waals surface area contributed by atoms with Gasteiger partial charge in [0.15, 0.2) is 0 Å². The number of nitrogens with one attached hydrogen (secondary N) is 1. The third-order valence-electron chi connectivity index (χ3n) is 4.12. The maximum absolute atomic E-state index is 12.4. The lowest BCUT2D eigenvalue weighted by Gasteiger charge is -2.14. The highest BCUT2D eigenvalue weighted by Crippen LogP contribution is 2.25. The second kappa shape index (κ2) is 7.35. The van der Waals surface area contributed by atoms with Crippen molar-refractivity contribution in [1.29, 1.82) is 0 Å². The van der Waals surface area contributed by atoms with Crippen LogP contribution in [0.3, 0.4) is 0 Å². The minimum Gasteiger partial charge on any atom is -0.497 e. The van der Waals surface area contributed by atoms with Crippen molar-refractivity contribution in [2.75, 3.05) is 25.1 Å². The third-order valence-corrected chi connectivity index (χ3v) is 5.71. The van der Waals surface area contributed by atoms with Crippen LogP contribution in [0.5, 0.6) is 5.75 Å². The van der Waals surface area contributed by atoms with Crippen LogP contribution in [0.4, 0.5) is 10.5 Å². The third kappa shape index (κ3) is 3.81. The molecule has 1 amide bonds. The lowest BCUT2D eigenvalue weighted by atomic mass is 10.2. The largest absolute Gasteiger partial charge is 0.497 e. The first-order valence-corrected chi connectivity index (χ1v) is 9.56. The number of nitrogens with zero attached hydrogens (tertiary/aromatic N) is 1. The zero-order valence-corrected chi connectivity index (χ0v) is 15.3. The van der Waals surface area contributed by atoms with Gasteiger partial charge < -0.3 is 9.47 Å². The molecule has 8 heteroatoms. The number of hydrogen-bond donors (Lipinski definition) is 1. The molecule has 1 aliphatic rings. The number of carbonyl (C=O) groups excluding carboxylic acids is 1. The number of rotatable bonds is 6. The van der Waals surface area contributed by atoms with Crippen LogP contribution in [0.15, 0.2) is 53.4 Å². The number of sulfonamides is 1. The lowest BCUT2D eigenvalue weighted by Crippen LogP contribution is -2.34. The highest BCUT2D eigenvalue weighted by molar-refractivity contribution is 7.89. The maximum Gasteiger partial charge on any atom is 0.414 e. The van der Waals surface area contributed by atoms with Gasteiger partial charge in [-0.3, -0.25) is 4.90 Å². The first-order chi connectivity index (χ1) is 12.4. The molecule has 3 rings (SSSR count). The molecule has 1 heterocycles. The molecule has 138 valence electrons. The molecular formula is C18H20N2O5S. The van der Waals surface area contributed by atoms with E-state index < -0.39 is 22.2 Å². The Morgan fingerprint density at radius 3 is 2.73 bits per heavy atom. The van der Waals surface area contributed by atoms with E-state index in [1.807, 2.05) is 0 Å². The molecule has 2 aromatic rings. The normalized spacial score (nSPS) is 17.2. The van der Waals surface area contributed by atoms with Gasteiger partial charge in [-0.15, -0.1) is 0 Å². The maximum atomic E-state index is 12.4. The Balaban J connectivity index is 1.67. The first-order valence-electron chi connectivity index (χ1n) is 8.08. The van der Waals surface area contributed by atoms with Crippen molar-refractivity contribution in [2.45, 2.75) is 17.9 Å². The summed E-state index contributed by atoms with van der Waals surface area (Å²) in [4.78, 5) is 13.8. The SMILES string of the molecule is COc1cccc(N2CC(CNS(=O)(=O)c3ccccc3C)OC2=O)c1. The zero-order valence-electron chi connectivity index (χ0n) is 14.5. The number of benzene rings is 2. The highest BCUT2D eigenvalue weighted by Gasteiger charge is 2.33. The van der Waals surface area contributed by atoms with Gasteiger partial charge in [0.2, 0.25) is 10.0 Å². The van der Waals surface area contributed by atoms with Crippen LogP contribution in [0, 0.1) is 6.92 Å². The van der Waals surface area contributed by atoms with Crippen molar-refractivity contribution in [3.63, 3.8) is 0 Å². The number of cyclic esters (lactones) is 1. The van der Waals surface area contributed by atoms with Gasteiger partial charge in [0.1, 0.15) is 11.9 Å². The fraction of sp³-hybridized carbons (Fsp3) is 0.278. The van der Waals surface area contributed by atoms with Crippen molar-refractivity contribution in [2.24, 2.45) is 0 Å². The molecule has 0 radical (unpaired) electrons. The molecule has 1 fully saturated rings. The van der Waals surface area contributed by atoms with Crippen LogP contribution in [0.25, 0.3) is 0 Å². The van der Waals surface area contributed by atoms with E-state index in [-0.39, 0.29) is 18.0 Å². The highest BCUT2D eigenvalue weighted by atomic mass is 32.2. The quantitative estimate of drug-likeness (QED) is 0.836. The molecule has 2 aromatic carbocycles. The van der Waals surface area contributed by atoms with Gasteiger partial charge in [0.05, 0.1) is 24.2 Å². The fourth-order valence-corrected chi connectivity index (χ4v) is 4.07. The molecule has 1 saturated heterocycles. The summed E-state index contributed by atoms with van der Waals surface area (Å²) in [5, 5.41) is 0. The molecule has 0 bridgehead atoms. The summed E-state index contributed by atoms with van der Waals surface area (Å²) in [6.45, 7) is 1.99. The Hall–Kier alpha value is -2.58. The minimum absolute atomic E-state index is 0.00285. The number of amides is 1. The van der Waals surface area contributed by atoms with Gasteiger partial charge in [0.25, 0.3) is 0 Å². The van der Waals surface area contributed by atoms with Gasteiger partial charge in [-0.25, -0.2) is 17.9 Å². The summed E-state index contributed by atoms with van der Waals surface area (Å²) in [5.41, 5.74) is 1.29. The summed E-state index contributed by atoms with van der Waals surface area (Å²) in [6.07, 6.45) is -1.09. The smallest absolute Gasteiger partial charge is 0.414 e. The number of anilines is 1. The Morgan fingerprint density at radius 1 is 1.23 bits per heavy atom. The number of methoxy groups -OCH3 is 1. The summed E-state index contributed by atoms with van der Waals surface area (Å²) in [7, 11) is -2.12. The molecule has 0 saturated carbocycles. The van der Waals surface area contributed by atoms with E-state index in [0.717, 1.165) is 0 Å². The molecule has 1 unspecified atom stereocenters. The Labute approximate surface area is 152 Å². The van der Waals surface area contributed by atoms with E-state index in [1.54, 1.807) is 62.6 Å². The predicted octanol–water partition coefficient (Wildman–Crippen LogP) is 2.31. The summed E-state index contributed by atoms with van der Waals surface area (Å²) >= 11 is 0. The average molecular weight is 376 g/mol. The number of aryl methyl sites for hydroxylation is 1. The van der Waals surface area contributed by atoms with E-state index in [1.165, 1.54) is 4.90 Å². The predicted molar refractivity (Wildman–Crippen MR) is 97.0 cm³/mol. The minimum atomic E-state index is -3.67. The van der Waals surface area contributed by atoms with E-state index in [4.69, 9.17) is 9.47 Å². The van der Waals surface area contributed by atoms with Crippen molar-refractivity contribution in [1.82, 2.24) is 4.72 Å². The second-order valence-corrected chi connectivity index (χ2v) is 7.67. The van der Waals surface area contributed by atoms with Crippen LogP contribution in [0.1, 0.15) is 5.56 Å². The number of ether oxygens (including phenoxy) is 2. The van der Waals surface area contributed by atoms with E-state index in [9.17, 15) is 13.2 Å². The first kappa shape index (κ1) is 18.2. The van der Waals surface area contributed by atoms with Gasteiger partial charge >= 0.3 is 6.09 Å². The van der Waals surface area contributed by atoms with Crippen molar-refractivity contribution in [3.8, 4) is 5.75 Å². The number of carbonyl (C=O) groups is 1. The zero-order chi connectivity index (χ0) is 18.7. The molecular weight excluding hydrogens is 356 g/mol. The van der Waals surface area contributed by atoms with Crippen LogP contribution in [-0.2, 0) is 14.8 Å². The summed E-state index contributed by atoms with van der Waals surface area (Å²) in [5.74, 6) is 0.624. The van der Waals surface area contributed by atoms with Crippen LogP contribution >= 0.6 is 0 Å². The van der Waals surface area contributed by atoms with Crippen molar-refractivity contribution in [3.05, 3.63) is 54.1 Å². The molecule has 26 heavy (non-hydrogen) atoms. The second-order valence-electron chi connectivity index (χ2n) is 5.94. The topological polar surface area (TPSA) is 84.9 Å². The molecule has 1 atom stereocenters. The van der Waals surface area contributed by atoms with Gasteiger partial charge in [-0.05, 0) is 30.7 Å². The summed E-state index contributed by atoms with van der Waals surface area (Å²) in [6, 6.07) is 13.8. The van der Waals surface area contributed by atoms with Crippen LogP contribution < -0.4 is 14.4 Å². The van der Waals surface area contributed by atoms with Crippen molar-refractivity contribution >= 4 is 21.8 Å². The van der Waals surface area contributed by atoms with E-state index in [0.29, 0.717) is 17.0 Å². The number of hydrogen-bond acceptors (Lipinski definition) is 5. The van der Waals surface area contributed by atoms with E-state index in [2.05, 4.69) is 4.72 Å². The fourth-order valence-electron chi connectivity index (χ4n) is 2.76.